The normalized spacial score (nSPS) is 10.9. The fourth-order valence-electron chi connectivity index (χ4n) is 3.28. The van der Waals surface area contributed by atoms with Crippen LogP contribution in [0, 0.1) is 19.7 Å². The van der Waals surface area contributed by atoms with Crippen molar-refractivity contribution < 1.29 is 9.18 Å². The summed E-state index contributed by atoms with van der Waals surface area (Å²) in [6.07, 6.45) is 2.49. The number of carbonyl (C=O) groups is 1. The van der Waals surface area contributed by atoms with Gasteiger partial charge in [-0.3, -0.25) is 14.2 Å². The van der Waals surface area contributed by atoms with Gasteiger partial charge in [0.05, 0.1) is 0 Å². The van der Waals surface area contributed by atoms with E-state index in [9.17, 15) is 14.0 Å². The second kappa shape index (κ2) is 11.1. The average molecular weight is 454 g/mol. The number of hydrogen-bond donors (Lipinski definition) is 1. The molecule has 0 spiro atoms. The third kappa shape index (κ3) is 6.53. The van der Waals surface area contributed by atoms with Gasteiger partial charge in [0.2, 0.25) is 5.91 Å². The number of hydrogen-bond acceptors (Lipinski definition) is 4. The minimum absolute atomic E-state index is 0.00497. The van der Waals surface area contributed by atoms with E-state index >= 15 is 0 Å². The molecule has 0 aliphatic rings. The van der Waals surface area contributed by atoms with Crippen LogP contribution in [0.1, 0.15) is 41.6 Å². The second-order valence-electron chi connectivity index (χ2n) is 7.85. The van der Waals surface area contributed by atoms with Crippen molar-refractivity contribution >= 4 is 23.4 Å². The highest BCUT2D eigenvalue weighted by Crippen LogP contribution is 2.19. The quantitative estimate of drug-likeness (QED) is 0.280. The third-order valence-corrected chi connectivity index (χ3v) is 6.32. The second-order valence-corrected chi connectivity index (χ2v) is 8.91. The van der Waals surface area contributed by atoms with Crippen molar-refractivity contribution in [3.8, 4) is 0 Å². The molecule has 0 aliphatic carbocycles. The Morgan fingerprint density at radius 2 is 1.75 bits per heavy atom. The molecular weight excluding hydrogens is 425 g/mol. The van der Waals surface area contributed by atoms with E-state index in [0.717, 1.165) is 35.4 Å². The van der Waals surface area contributed by atoms with Gasteiger partial charge in [-0.15, -0.1) is 0 Å². The van der Waals surface area contributed by atoms with Crippen molar-refractivity contribution in [2.75, 3.05) is 11.1 Å². The lowest BCUT2D eigenvalue weighted by molar-refractivity contribution is -0.116. The van der Waals surface area contributed by atoms with E-state index in [1.807, 2.05) is 38.1 Å². The van der Waals surface area contributed by atoms with Crippen LogP contribution >= 0.6 is 11.8 Å². The van der Waals surface area contributed by atoms with Gasteiger partial charge in [0.25, 0.3) is 5.56 Å². The molecule has 0 aliphatic heterocycles. The van der Waals surface area contributed by atoms with Crippen LogP contribution in [0.25, 0.3) is 0 Å². The van der Waals surface area contributed by atoms with Gasteiger partial charge >= 0.3 is 0 Å². The Kier molecular flexibility index (Phi) is 8.22. The van der Waals surface area contributed by atoms with E-state index < -0.39 is 0 Å². The molecular formula is C25H28FN3O2S. The van der Waals surface area contributed by atoms with Crippen LogP contribution in [0.2, 0.25) is 0 Å². The van der Waals surface area contributed by atoms with E-state index in [0.29, 0.717) is 29.3 Å². The Balaban J connectivity index is 1.49. The van der Waals surface area contributed by atoms with Crippen LogP contribution in [0.5, 0.6) is 0 Å². The third-order valence-electron chi connectivity index (χ3n) is 5.21. The van der Waals surface area contributed by atoms with Gasteiger partial charge in [0, 0.05) is 42.6 Å². The van der Waals surface area contributed by atoms with E-state index in [1.165, 1.54) is 23.9 Å². The Bertz CT molecular complexity index is 1130. The van der Waals surface area contributed by atoms with Gasteiger partial charge in [-0.2, -0.15) is 0 Å². The Labute approximate surface area is 192 Å². The summed E-state index contributed by atoms with van der Waals surface area (Å²) in [5.74, 6) is 0.482. The van der Waals surface area contributed by atoms with Crippen LogP contribution in [0.4, 0.5) is 10.1 Å². The smallest absolute Gasteiger partial charge is 0.257 e. The number of aryl methyl sites for hydroxylation is 2. The van der Waals surface area contributed by atoms with Gasteiger partial charge in [0.1, 0.15) is 5.82 Å². The largest absolute Gasteiger partial charge is 0.326 e. The minimum atomic E-state index is -0.295. The molecule has 1 N–H and O–H groups in total. The summed E-state index contributed by atoms with van der Waals surface area (Å²) in [5.41, 5.74) is 4.07. The lowest BCUT2D eigenvalue weighted by Crippen LogP contribution is -2.25. The topological polar surface area (TPSA) is 64.0 Å². The molecule has 7 heteroatoms. The first-order chi connectivity index (χ1) is 15.3. The molecule has 0 fully saturated rings. The molecule has 1 amide bonds. The summed E-state index contributed by atoms with van der Waals surface area (Å²) in [5, 5.41) is 3.57. The molecule has 0 saturated heterocycles. The zero-order valence-electron chi connectivity index (χ0n) is 18.7. The van der Waals surface area contributed by atoms with Crippen molar-refractivity contribution in [1.29, 1.82) is 0 Å². The summed E-state index contributed by atoms with van der Waals surface area (Å²) in [4.78, 5) is 29.5. The maximum atomic E-state index is 13.1. The first-order valence-corrected chi connectivity index (χ1v) is 11.6. The fourth-order valence-corrected chi connectivity index (χ4v) is 4.29. The van der Waals surface area contributed by atoms with Crippen LogP contribution in [-0.2, 0) is 18.3 Å². The molecule has 1 aromatic heterocycles. The lowest BCUT2D eigenvalue weighted by Gasteiger charge is -2.12. The average Bonchev–Trinajstić information content (AvgIpc) is 2.77. The minimum Gasteiger partial charge on any atom is -0.326 e. The first-order valence-electron chi connectivity index (χ1n) is 10.6. The highest BCUT2D eigenvalue weighted by molar-refractivity contribution is 7.99. The van der Waals surface area contributed by atoms with Crippen molar-refractivity contribution in [3.05, 3.63) is 87.1 Å². The zero-order chi connectivity index (χ0) is 23.1. The summed E-state index contributed by atoms with van der Waals surface area (Å²) in [6.45, 7) is 3.84. The van der Waals surface area contributed by atoms with Crippen LogP contribution in [-0.4, -0.2) is 21.2 Å². The van der Waals surface area contributed by atoms with E-state index in [-0.39, 0.29) is 17.3 Å². The summed E-state index contributed by atoms with van der Waals surface area (Å²) in [6, 6.07) is 13.9. The molecule has 0 unspecified atom stereocenters. The molecule has 3 rings (SSSR count). The number of unbranched alkanes of at least 4 members (excludes halogenated alkanes) is 1. The number of rotatable bonds is 9. The van der Waals surface area contributed by atoms with Crippen LogP contribution in [0.3, 0.4) is 0 Å². The van der Waals surface area contributed by atoms with Crippen molar-refractivity contribution in [2.45, 2.75) is 44.7 Å². The predicted octanol–water partition coefficient (Wildman–Crippen LogP) is 5.03. The first kappa shape index (κ1) is 23.7. The Morgan fingerprint density at radius 3 is 2.44 bits per heavy atom. The van der Waals surface area contributed by atoms with Crippen molar-refractivity contribution in [2.24, 2.45) is 7.05 Å². The summed E-state index contributed by atoms with van der Waals surface area (Å²) >= 11 is 1.52. The number of nitrogens with one attached hydrogen (secondary N) is 1. The van der Waals surface area contributed by atoms with Crippen LogP contribution in [0.15, 0.2) is 58.5 Å². The monoisotopic (exact) mass is 453 g/mol. The molecule has 1 heterocycles. The molecule has 0 saturated carbocycles. The number of amides is 1. The Morgan fingerprint density at radius 1 is 1.06 bits per heavy atom. The SMILES string of the molecule is Cc1ccc(NC(=O)CCCCSc2nc(C)c(Cc3ccc(F)cc3)c(=O)n2C)cc1. The highest BCUT2D eigenvalue weighted by Gasteiger charge is 2.13. The number of anilines is 1. The molecule has 2 aromatic carbocycles. The maximum absolute atomic E-state index is 13.1. The molecule has 3 aromatic rings. The molecule has 5 nitrogen and oxygen atoms in total. The number of nitrogens with zero attached hydrogens (tertiary/aromatic N) is 2. The van der Waals surface area contributed by atoms with E-state index in [2.05, 4.69) is 10.3 Å². The van der Waals surface area contributed by atoms with E-state index in [4.69, 9.17) is 0 Å². The van der Waals surface area contributed by atoms with Crippen LogP contribution < -0.4 is 10.9 Å². The number of halogens is 1. The van der Waals surface area contributed by atoms with Gasteiger partial charge in [-0.25, -0.2) is 9.37 Å². The molecule has 0 atom stereocenters. The van der Waals surface area contributed by atoms with Gasteiger partial charge < -0.3 is 5.32 Å². The Hall–Kier alpha value is -2.93. The zero-order valence-corrected chi connectivity index (χ0v) is 19.5. The molecule has 168 valence electrons. The predicted molar refractivity (Wildman–Crippen MR) is 128 cm³/mol. The standard InChI is InChI=1S/C25H28FN3O2S/c1-17-7-13-21(14-8-17)28-23(30)6-4-5-15-32-25-27-18(2)22(24(31)29(25)3)16-19-9-11-20(26)12-10-19/h7-14H,4-6,15-16H2,1-3H3,(H,28,30). The van der Waals surface area contributed by atoms with Crippen molar-refractivity contribution in [3.63, 3.8) is 0 Å². The summed E-state index contributed by atoms with van der Waals surface area (Å²) < 4.78 is 14.7. The lowest BCUT2D eigenvalue weighted by atomic mass is 10.1. The number of thioether (sulfide) groups is 1. The molecule has 32 heavy (non-hydrogen) atoms. The highest BCUT2D eigenvalue weighted by atomic mass is 32.2. The van der Waals surface area contributed by atoms with E-state index in [1.54, 1.807) is 23.7 Å². The van der Waals surface area contributed by atoms with Gasteiger partial charge in [-0.1, -0.05) is 41.6 Å². The van der Waals surface area contributed by atoms with Crippen molar-refractivity contribution in [1.82, 2.24) is 9.55 Å². The fraction of sp³-hybridized carbons (Fsp3) is 0.320. The number of carbonyl (C=O) groups excluding carboxylic acids is 1. The number of benzene rings is 2. The number of aromatic nitrogens is 2. The molecule has 0 radical (unpaired) electrons. The molecule has 0 bridgehead atoms. The van der Waals surface area contributed by atoms with Gasteiger partial charge in [-0.05, 0) is 56.5 Å². The summed E-state index contributed by atoms with van der Waals surface area (Å²) in [7, 11) is 1.72. The van der Waals surface area contributed by atoms with Gasteiger partial charge in [0.15, 0.2) is 5.16 Å². The maximum Gasteiger partial charge on any atom is 0.257 e.